The molecule has 100 valence electrons. The lowest BCUT2D eigenvalue weighted by atomic mass is 9.81. The third-order valence-electron chi connectivity index (χ3n) is 4.14. The molecule has 1 N–H and O–H groups in total. The van der Waals surface area contributed by atoms with E-state index in [-0.39, 0.29) is 0 Å². The molecule has 0 aliphatic heterocycles. The van der Waals surface area contributed by atoms with Gasteiger partial charge in [-0.25, -0.2) is 0 Å². The topological polar surface area (TPSA) is 12.0 Å². The van der Waals surface area contributed by atoms with Crippen LogP contribution in [0.5, 0.6) is 0 Å². The summed E-state index contributed by atoms with van der Waals surface area (Å²) in [5.41, 5.74) is 3.10. The first kappa shape index (κ1) is 13.6. The van der Waals surface area contributed by atoms with Crippen molar-refractivity contribution in [3.8, 4) is 0 Å². The maximum atomic E-state index is 3.75. The monoisotopic (exact) mass is 245 g/mol. The van der Waals surface area contributed by atoms with Crippen molar-refractivity contribution in [2.24, 2.45) is 5.92 Å². The summed E-state index contributed by atoms with van der Waals surface area (Å²) < 4.78 is 0. The molecule has 0 bridgehead atoms. The van der Waals surface area contributed by atoms with E-state index >= 15 is 0 Å². The Labute approximate surface area is 112 Å². The van der Waals surface area contributed by atoms with Crippen LogP contribution < -0.4 is 5.32 Å². The molecule has 0 spiro atoms. The Kier molecular flexibility index (Phi) is 4.82. The standard InChI is InChI=1S/C17H27N/c1-13(2)7-6-12-18-17-11-10-14(3)15-8-4-5-9-16(15)17/h4-5,8-9,13-14,17-18H,6-7,10-12H2,1-3H3. The molecule has 0 amide bonds. The average molecular weight is 245 g/mol. The molecule has 0 fully saturated rings. The van der Waals surface area contributed by atoms with Crippen molar-refractivity contribution >= 4 is 0 Å². The fourth-order valence-corrected chi connectivity index (χ4v) is 3.00. The molecule has 0 heterocycles. The van der Waals surface area contributed by atoms with Crippen LogP contribution in [0.1, 0.15) is 69.5 Å². The summed E-state index contributed by atoms with van der Waals surface area (Å²) in [6.07, 6.45) is 5.24. The Morgan fingerprint density at radius 1 is 1.17 bits per heavy atom. The molecule has 18 heavy (non-hydrogen) atoms. The molecule has 2 unspecified atom stereocenters. The summed E-state index contributed by atoms with van der Waals surface area (Å²) in [6, 6.07) is 9.56. The van der Waals surface area contributed by atoms with Gasteiger partial charge in [0.15, 0.2) is 0 Å². The van der Waals surface area contributed by atoms with E-state index in [0.29, 0.717) is 6.04 Å². The van der Waals surface area contributed by atoms with Crippen LogP contribution in [-0.2, 0) is 0 Å². The normalized spacial score (nSPS) is 23.1. The van der Waals surface area contributed by atoms with Gasteiger partial charge in [0.25, 0.3) is 0 Å². The zero-order valence-electron chi connectivity index (χ0n) is 12.1. The van der Waals surface area contributed by atoms with Crippen molar-refractivity contribution in [2.45, 2.75) is 58.4 Å². The molecule has 2 atom stereocenters. The molecular weight excluding hydrogens is 218 g/mol. The number of benzene rings is 1. The van der Waals surface area contributed by atoms with Crippen molar-refractivity contribution in [2.75, 3.05) is 6.54 Å². The molecule has 0 saturated carbocycles. The fourth-order valence-electron chi connectivity index (χ4n) is 3.00. The highest BCUT2D eigenvalue weighted by atomic mass is 14.9. The highest BCUT2D eigenvalue weighted by Crippen LogP contribution is 2.36. The quantitative estimate of drug-likeness (QED) is 0.744. The molecular formula is C17H27N. The maximum Gasteiger partial charge on any atom is 0.0323 e. The highest BCUT2D eigenvalue weighted by Gasteiger charge is 2.23. The van der Waals surface area contributed by atoms with E-state index in [9.17, 15) is 0 Å². The largest absolute Gasteiger partial charge is 0.310 e. The average Bonchev–Trinajstić information content (AvgIpc) is 2.37. The first-order valence-corrected chi connectivity index (χ1v) is 7.50. The Bertz CT molecular complexity index is 370. The molecule has 1 nitrogen and oxygen atoms in total. The van der Waals surface area contributed by atoms with Crippen molar-refractivity contribution in [1.82, 2.24) is 5.32 Å². The molecule has 1 aliphatic rings. The van der Waals surface area contributed by atoms with E-state index in [1.807, 2.05) is 0 Å². The minimum absolute atomic E-state index is 0.588. The minimum Gasteiger partial charge on any atom is -0.310 e. The SMILES string of the molecule is CC(C)CCCNC1CCC(C)c2ccccc21. The third-order valence-corrected chi connectivity index (χ3v) is 4.14. The summed E-state index contributed by atoms with van der Waals surface area (Å²) >= 11 is 0. The van der Waals surface area contributed by atoms with Crippen LogP contribution in [0.2, 0.25) is 0 Å². The zero-order chi connectivity index (χ0) is 13.0. The summed E-state index contributed by atoms with van der Waals surface area (Å²) in [7, 11) is 0. The van der Waals surface area contributed by atoms with Crippen LogP contribution in [0.3, 0.4) is 0 Å². The third kappa shape index (κ3) is 3.35. The van der Waals surface area contributed by atoms with E-state index in [4.69, 9.17) is 0 Å². The van der Waals surface area contributed by atoms with Crippen molar-refractivity contribution < 1.29 is 0 Å². The first-order chi connectivity index (χ1) is 8.68. The lowest BCUT2D eigenvalue weighted by Gasteiger charge is -2.30. The molecule has 0 saturated heterocycles. The van der Waals surface area contributed by atoms with Crippen LogP contribution in [0.25, 0.3) is 0 Å². The first-order valence-electron chi connectivity index (χ1n) is 7.50. The summed E-state index contributed by atoms with van der Waals surface area (Å²) in [4.78, 5) is 0. The van der Waals surface area contributed by atoms with Gasteiger partial charge in [0, 0.05) is 6.04 Å². The molecule has 1 heteroatoms. The van der Waals surface area contributed by atoms with Crippen LogP contribution in [0.4, 0.5) is 0 Å². The van der Waals surface area contributed by atoms with Gasteiger partial charge in [-0.1, -0.05) is 45.0 Å². The number of hydrogen-bond donors (Lipinski definition) is 1. The minimum atomic E-state index is 0.588. The number of fused-ring (bicyclic) bond motifs is 1. The molecule has 0 aromatic heterocycles. The van der Waals surface area contributed by atoms with Crippen LogP contribution in [-0.4, -0.2) is 6.54 Å². The van der Waals surface area contributed by atoms with Gasteiger partial charge in [0.05, 0.1) is 0 Å². The summed E-state index contributed by atoms with van der Waals surface area (Å²) in [5.74, 6) is 1.56. The van der Waals surface area contributed by atoms with Gasteiger partial charge < -0.3 is 5.32 Å². The van der Waals surface area contributed by atoms with Crippen LogP contribution in [0, 0.1) is 5.92 Å². The number of rotatable bonds is 5. The van der Waals surface area contributed by atoms with Gasteiger partial charge in [0.2, 0.25) is 0 Å². The van der Waals surface area contributed by atoms with Gasteiger partial charge in [0.1, 0.15) is 0 Å². The smallest absolute Gasteiger partial charge is 0.0323 e. The van der Waals surface area contributed by atoms with Gasteiger partial charge in [-0.3, -0.25) is 0 Å². The Hall–Kier alpha value is -0.820. The highest BCUT2D eigenvalue weighted by molar-refractivity contribution is 5.34. The van der Waals surface area contributed by atoms with Gasteiger partial charge in [-0.15, -0.1) is 0 Å². The Morgan fingerprint density at radius 2 is 1.89 bits per heavy atom. The number of nitrogens with one attached hydrogen (secondary N) is 1. The predicted molar refractivity (Wildman–Crippen MR) is 78.9 cm³/mol. The second-order valence-corrected chi connectivity index (χ2v) is 6.15. The summed E-state index contributed by atoms with van der Waals surface area (Å²) in [6.45, 7) is 8.12. The van der Waals surface area contributed by atoms with Crippen molar-refractivity contribution in [3.63, 3.8) is 0 Å². The van der Waals surface area contributed by atoms with Crippen LogP contribution in [0.15, 0.2) is 24.3 Å². The van der Waals surface area contributed by atoms with E-state index < -0.39 is 0 Å². The molecule has 2 rings (SSSR count). The van der Waals surface area contributed by atoms with E-state index in [1.54, 1.807) is 11.1 Å². The van der Waals surface area contributed by atoms with Crippen LogP contribution >= 0.6 is 0 Å². The lowest BCUT2D eigenvalue weighted by Crippen LogP contribution is -2.27. The second kappa shape index (κ2) is 6.38. The van der Waals surface area contributed by atoms with E-state index in [0.717, 1.165) is 18.4 Å². The maximum absolute atomic E-state index is 3.75. The summed E-state index contributed by atoms with van der Waals surface area (Å²) in [5, 5.41) is 3.75. The molecule has 0 radical (unpaired) electrons. The lowest BCUT2D eigenvalue weighted by molar-refractivity contribution is 0.418. The molecule has 1 aromatic rings. The van der Waals surface area contributed by atoms with Gasteiger partial charge in [-0.2, -0.15) is 0 Å². The van der Waals surface area contributed by atoms with Gasteiger partial charge in [-0.05, 0) is 55.2 Å². The van der Waals surface area contributed by atoms with Gasteiger partial charge >= 0.3 is 0 Å². The second-order valence-electron chi connectivity index (χ2n) is 6.15. The number of hydrogen-bond acceptors (Lipinski definition) is 1. The Morgan fingerprint density at radius 3 is 2.61 bits per heavy atom. The van der Waals surface area contributed by atoms with E-state index in [1.165, 1.54) is 25.7 Å². The fraction of sp³-hybridized carbons (Fsp3) is 0.647. The Balaban J connectivity index is 1.92. The zero-order valence-corrected chi connectivity index (χ0v) is 12.1. The predicted octanol–water partition coefficient (Wildman–Crippen LogP) is 4.65. The van der Waals surface area contributed by atoms with Crippen molar-refractivity contribution in [1.29, 1.82) is 0 Å². The molecule has 1 aliphatic carbocycles. The van der Waals surface area contributed by atoms with E-state index in [2.05, 4.69) is 50.4 Å². The molecule has 1 aromatic carbocycles. The van der Waals surface area contributed by atoms with Crippen molar-refractivity contribution in [3.05, 3.63) is 35.4 Å².